The lowest BCUT2D eigenvalue weighted by molar-refractivity contribution is -0.119. The first-order valence-electron chi connectivity index (χ1n) is 8.48. The van der Waals surface area contributed by atoms with Gasteiger partial charge < -0.3 is 4.90 Å². The molecular weight excluding hydrogens is 314 g/mol. The zero-order valence-corrected chi connectivity index (χ0v) is 14.1. The molecule has 5 nitrogen and oxygen atoms in total. The van der Waals surface area contributed by atoms with Crippen molar-refractivity contribution in [2.24, 2.45) is 0 Å². The summed E-state index contributed by atoms with van der Waals surface area (Å²) in [6.07, 6.45) is 3.39. The largest absolute Gasteiger partial charge is 0.310 e. The molecule has 0 saturated heterocycles. The third kappa shape index (κ3) is 2.71. The number of nitrogens with zero attached hydrogens (tertiary/aromatic N) is 3. The monoisotopic (exact) mass is 333 g/mol. The van der Waals surface area contributed by atoms with E-state index in [1.54, 1.807) is 12.1 Å². The number of anilines is 1. The molecule has 0 unspecified atom stereocenters. The lowest BCUT2D eigenvalue weighted by Gasteiger charge is -2.31. The smallest absolute Gasteiger partial charge is 0.261 e. The molecule has 0 radical (unpaired) electrons. The van der Waals surface area contributed by atoms with Gasteiger partial charge in [-0.2, -0.15) is 0 Å². The van der Waals surface area contributed by atoms with Crippen molar-refractivity contribution in [3.8, 4) is 0 Å². The Bertz CT molecular complexity index is 1020. The van der Waals surface area contributed by atoms with Gasteiger partial charge in [0.25, 0.3) is 5.56 Å². The first-order valence-corrected chi connectivity index (χ1v) is 8.48. The molecule has 0 fully saturated rings. The predicted molar refractivity (Wildman–Crippen MR) is 97.9 cm³/mol. The van der Waals surface area contributed by atoms with Gasteiger partial charge in [-0.25, -0.2) is 4.98 Å². The van der Waals surface area contributed by atoms with Crippen molar-refractivity contribution in [1.29, 1.82) is 0 Å². The zero-order valence-electron chi connectivity index (χ0n) is 14.1. The fourth-order valence-corrected chi connectivity index (χ4v) is 3.55. The molecule has 0 saturated carbocycles. The van der Waals surface area contributed by atoms with Gasteiger partial charge in [-0.1, -0.05) is 30.3 Å². The fourth-order valence-electron chi connectivity index (χ4n) is 3.55. The molecular formula is C20H19N3O2. The van der Waals surface area contributed by atoms with Crippen molar-refractivity contribution < 1.29 is 4.79 Å². The molecule has 25 heavy (non-hydrogen) atoms. The van der Waals surface area contributed by atoms with Crippen LogP contribution in [0.4, 0.5) is 5.69 Å². The maximum absolute atomic E-state index is 12.9. The van der Waals surface area contributed by atoms with E-state index < -0.39 is 0 Å². The Morgan fingerprint density at radius 2 is 2.00 bits per heavy atom. The molecule has 4 rings (SSSR count). The lowest BCUT2D eigenvalue weighted by atomic mass is 9.98. The number of fused-ring (bicyclic) bond motifs is 2. The van der Waals surface area contributed by atoms with E-state index in [1.807, 2.05) is 36.1 Å². The second-order valence-electron chi connectivity index (χ2n) is 6.43. The first kappa shape index (κ1) is 15.6. The number of carbonyl (C=O) groups excluding carboxylic acids is 1. The van der Waals surface area contributed by atoms with Gasteiger partial charge in [0.1, 0.15) is 6.54 Å². The highest BCUT2D eigenvalue weighted by Gasteiger charge is 2.24. The third-order valence-corrected chi connectivity index (χ3v) is 4.76. The molecule has 126 valence electrons. The van der Waals surface area contributed by atoms with Gasteiger partial charge in [0.15, 0.2) is 0 Å². The highest BCUT2D eigenvalue weighted by atomic mass is 16.2. The summed E-state index contributed by atoms with van der Waals surface area (Å²) in [5.74, 6) is -0.0746. The van der Waals surface area contributed by atoms with Crippen LogP contribution in [-0.2, 0) is 17.8 Å². The number of carbonyl (C=O) groups is 1. The summed E-state index contributed by atoms with van der Waals surface area (Å²) in [5.41, 5.74) is 3.76. The summed E-state index contributed by atoms with van der Waals surface area (Å²) in [6.45, 7) is 2.71. The number of aryl methyl sites for hydroxylation is 2. The van der Waals surface area contributed by atoms with E-state index in [4.69, 9.17) is 0 Å². The van der Waals surface area contributed by atoms with E-state index in [1.165, 1.54) is 16.5 Å². The van der Waals surface area contributed by atoms with Crippen molar-refractivity contribution in [2.45, 2.75) is 26.3 Å². The van der Waals surface area contributed by atoms with Crippen LogP contribution >= 0.6 is 0 Å². The van der Waals surface area contributed by atoms with E-state index in [0.29, 0.717) is 17.4 Å². The maximum atomic E-state index is 12.9. The van der Waals surface area contributed by atoms with Crippen LogP contribution in [0.3, 0.4) is 0 Å². The maximum Gasteiger partial charge on any atom is 0.261 e. The molecule has 0 N–H and O–H groups in total. The highest BCUT2D eigenvalue weighted by molar-refractivity contribution is 5.95. The van der Waals surface area contributed by atoms with Crippen LogP contribution in [0.2, 0.25) is 0 Å². The number of amides is 1. The molecule has 5 heteroatoms. The van der Waals surface area contributed by atoms with E-state index in [2.05, 4.69) is 11.1 Å². The number of benzene rings is 2. The topological polar surface area (TPSA) is 55.2 Å². The van der Waals surface area contributed by atoms with Crippen LogP contribution in [0.15, 0.2) is 53.6 Å². The van der Waals surface area contributed by atoms with Crippen LogP contribution in [0.5, 0.6) is 0 Å². The highest BCUT2D eigenvalue weighted by Crippen LogP contribution is 2.30. The number of rotatable bonds is 2. The van der Waals surface area contributed by atoms with Crippen LogP contribution in [0.25, 0.3) is 10.9 Å². The van der Waals surface area contributed by atoms with Gasteiger partial charge in [0.2, 0.25) is 5.91 Å². The predicted octanol–water partition coefficient (Wildman–Crippen LogP) is 2.68. The summed E-state index contributed by atoms with van der Waals surface area (Å²) < 4.78 is 1.40. The Hall–Kier alpha value is -2.95. The summed E-state index contributed by atoms with van der Waals surface area (Å²) >= 11 is 0. The molecule has 3 aromatic rings. The van der Waals surface area contributed by atoms with Gasteiger partial charge in [0.05, 0.1) is 17.2 Å². The van der Waals surface area contributed by atoms with Gasteiger partial charge in [-0.3, -0.25) is 14.2 Å². The van der Waals surface area contributed by atoms with Crippen LogP contribution in [-0.4, -0.2) is 22.0 Å². The van der Waals surface area contributed by atoms with Gasteiger partial charge in [0, 0.05) is 12.2 Å². The van der Waals surface area contributed by atoms with Gasteiger partial charge >= 0.3 is 0 Å². The van der Waals surface area contributed by atoms with E-state index in [9.17, 15) is 9.59 Å². The summed E-state index contributed by atoms with van der Waals surface area (Å²) in [7, 11) is 0. The Balaban J connectivity index is 1.68. The Kier molecular flexibility index (Phi) is 3.84. The van der Waals surface area contributed by atoms with Crippen molar-refractivity contribution in [3.63, 3.8) is 0 Å². The minimum absolute atomic E-state index is 0.00441. The second kappa shape index (κ2) is 6.16. The fraction of sp³-hybridized carbons (Fsp3) is 0.250. The van der Waals surface area contributed by atoms with Crippen molar-refractivity contribution in [2.75, 3.05) is 11.4 Å². The Morgan fingerprint density at radius 1 is 1.16 bits per heavy atom. The molecule has 1 aromatic heterocycles. The molecule has 2 heterocycles. The summed E-state index contributed by atoms with van der Waals surface area (Å²) in [4.78, 5) is 31.6. The van der Waals surface area contributed by atoms with Gasteiger partial charge in [-0.05, 0) is 43.0 Å². The second-order valence-corrected chi connectivity index (χ2v) is 6.43. The number of aromatic nitrogens is 2. The van der Waals surface area contributed by atoms with Crippen LogP contribution in [0.1, 0.15) is 17.5 Å². The number of hydrogen-bond donors (Lipinski definition) is 0. The standard InChI is InChI=1S/C20H19N3O2/c1-14-6-4-7-15-8-5-11-23(19(14)15)18(24)12-22-13-21-17-10-3-2-9-16(17)20(22)25/h2-4,6-7,9-10,13H,5,8,11-12H2,1H3. The Labute approximate surface area is 145 Å². The molecule has 2 aromatic carbocycles. The average molecular weight is 333 g/mol. The van der Waals surface area contributed by atoms with Crippen molar-refractivity contribution >= 4 is 22.5 Å². The quantitative estimate of drug-likeness (QED) is 0.724. The summed E-state index contributed by atoms with van der Waals surface area (Å²) in [6, 6.07) is 13.3. The molecule has 1 amide bonds. The number of hydrogen-bond acceptors (Lipinski definition) is 3. The minimum atomic E-state index is -0.180. The van der Waals surface area contributed by atoms with Crippen molar-refractivity contribution in [3.05, 3.63) is 70.3 Å². The van der Waals surface area contributed by atoms with Crippen LogP contribution < -0.4 is 10.5 Å². The minimum Gasteiger partial charge on any atom is -0.310 e. The Morgan fingerprint density at radius 3 is 2.88 bits per heavy atom. The molecule has 0 aliphatic carbocycles. The molecule has 1 aliphatic rings. The molecule has 0 spiro atoms. The zero-order chi connectivity index (χ0) is 17.4. The third-order valence-electron chi connectivity index (χ3n) is 4.76. The van der Waals surface area contributed by atoms with Gasteiger partial charge in [-0.15, -0.1) is 0 Å². The lowest BCUT2D eigenvalue weighted by Crippen LogP contribution is -2.40. The molecule has 0 bridgehead atoms. The normalized spacial score (nSPS) is 13.7. The SMILES string of the molecule is Cc1cccc2c1N(C(=O)Cn1cnc3ccccc3c1=O)CCC2. The van der Waals surface area contributed by atoms with E-state index in [-0.39, 0.29) is 18.0 Å². The average Bonchev–Trinajstić information content (AvgIpc) is 2.64. The molecule has 0 atom stereocenters. The number of para-hydroxylation sites is 2. The van der Waals surface area contributed by atoms with E-state index >= 15 is 0 Å². The first-order chi connectivity index (χ1) is 12.1. The van der Waals surface area contributed by atoms with Crippen LogP contribution in [0, 0.1) is 6.92 Å². The molecule has 1 aliphatic heterocycles. The van der Waals surface area contributed by atoms with E-state index in [0.717, 1.165) is 24.1 Å². The van der Waals surface area contributed by atoms with Crippen molar-refractivity contribution in [1.82, 2.24) is 9.55 Å². The summed E-state index contributed by atoms with van der Waals surface area (Å²) in [5, 5.41) is 0.535.